The van der Waals surface area contributed by atoms with Gasteiger partial charge in [-0.3, -0.25) is 0 Å². The van der Waals surface area contributed by atoms with E-state index in [0.29, 0.717) is 12.1 Å². The van der Waals surface area contributed by atoms with Gasteiger partial charge in [0.2, 0.25) is 0 Å². The van der Waals surface area contributed by atoms with Crippen molar-refractivity contribution in [3.8, 4) is 6.07 Å². The van der Waals surface area contributed by atoms with Crippen molar-refractivity contribution in [3.63, 3.8) is 0 Å². The first-order valence-corrected chi connectivity index (χ1v) is 5.69. The van der Waals surface area contributed by atoms with Gasteiger partial charge in [0.15, 0.2) is 0 Å². The highest BCUT2D eigenvalue weighted by Crippen LogP contribution is 2.17. The van der Waals surface area contributed by atoms with Gasteiger partial charge in [-0.2, -0.15) is 5.26 Å². The van der Waals surface area contributed by atoms with E-state index in [1.807, 2.05) is 31.2 Å². The van der Waals surface area contributed by atoms with Crippen molar-refractivity contribution < 1.29 is 0 Å². The molecule has 0 saturated heterocycles. The monoisotopic (exact) mass is 264 g/mol. The van der Waals surface area contributed by atoms with Crippen molar-refractivity contribution in [3.05, 3.63) is 34.3 Å². The fraction of sp³-hybridized carbons (Fsp3) is 0.333. The van der Waals surface area contributed by atoms with Gasteiger partial charge in [-0.1, -0.05) is 35.0 Å². The molecule has 1 aromatic rings. The Morgan fingerprint density at radius 3 is 2.53 bits per heavy atom. The molecular weight excluding hydrogens is 252 g/mol. The van der Waals surface area contributed by atoms with Crippen molar-refractivity contribution in [2.45, 2.75) is 19.8 Å². The van der Waals surface area contributed by atoms with E-state index in [2.05, 4.69) is 22.0 Å². The number of rotatable bonds is 4. The van der Waals surface area contributed by atoms with Crippen LogP contribution >= 0.6 is 15.9 Å². The first-order chi connectivity index (χ1) is 7.19. The molecule has 0 saturated carbocycles. The minimum atomic E-state index is 0.0520. The van der Waals surface area contributed by atoms with E-state index >= 15 is 0 Å². The van der Waals surface area contributed by atoms with Crippen molar-refractivity contribution in [1.82, 2.24) is 0 Å². The van der Waals surface area contributed by atoms with E-state index in [0.717, 1.165) is 16.5 Å². The number of nitriles is 1. The van der Waals surface area contributed by atoms with Gasteiger partial charge in [0.05, 0.1) is 6.07 Å². The highest BCUT2D eigenvalue weighted by atomic mass is 79.9. The summed E-state index contributed by atoms with van der Waals surface area (Å²) < 4.78 is 1.01. The minimum Gasteiger partial charge on any atom is -0.304 e. The first kappa shape index (κ1) is 11.9. The first-order valence-electron chi connectivity index (χ1n) is 4.90. The number of hydrogen-bond donors (Lipinski definition) is 1. The van der Waals surface area contributed by atoms with E-state index in [1.54, 1.807) is 0 Å². The van der Waals surface area contributed by atoms with E-state index in [9.17, 15) is 0 Å². The van der Waals surface area contributed by atoms with E-state index in [4.69, 9.17) is 10.7 Å². The summed E-state index contributed by atoms with van der Waals surface area (Å²) in [6, 6.07) is 9.79. The molecule has 0 heterocycles. The molecule has 0 amide bonds. The van der Waals surface area contributed by atoms with Gasteiger partial charge in [0, 0.05) is 22.5 Å². The number of hydrogen-bond acceptors (Lipinski definition) is 2. The van der Waals surface area contributed by atoms with Crippen molar-refractivity contribution in [2.75, 3.05) is 0 Å². The Morgan fingerprint density at radius 2 is 2.07 bits per heavy atom. The molecule has 2 nitrogen and oxygen atoms in total. The molecule has 0 radical (unpaired) electrons. The Bertz CT molecular complexity index is 376. The van der Waals surface area contributed by atoms with Crippen LogP contribution in [0.3, 0.4) is 0 Å². The zero-order valence-electron chi connectivity index (χ0n) is 8.63. The topological polar surface area (TPSA) is 47.6 Å². The molecule has 0 aliphatic rings. The molecule has 1 rings (SSSR count). The molecular formula is C12H13BrN2. The molecule has 0 aliphatic carbocycles. The Morgan fingerprint density at radius 1 is 1.47 bits per heavy atom. The summed E-state index contributed by atoms with van der Waals surface area (Å²) in [5.41, 5.74) is 1.46. The van der Waals surface area contributed by atoms with Crippen LogP contribution in [-0.4, -0.2) is 5.71 Å². The van der Waals surface area contributed by atoms with Crippen LogP contribution in [0.4, 0.5) is 0 Å². The normalized spacial score (nSPS) is 11.8. The van der Waals surface area contributed by atoms with Gasteiger partial charge in [-0.05, 0) is 24.1 Å². The predicted molar refractivity (Wildman–Crippen MR) is 65.0 cm³/mol. The van der Waals surface area contributed by atoms with Crippen LogP contribution in [0.25, 0.3) is 0 Å². The van der Waals surface area contributed by atoms with E-state index in [-0.39, 0.29) is 5.92 Å². The molecule has 0 aromatic heterocycles. The third-order valence-corrected chi connectivity index (χ3v) is 2.92. The minimum absolute atomic E-state index is 0.0520. The number of benzene rings is 1. The summed E-state index contributed by atoms with van der Waals surface area (Å²) in [4.78, 5) is 0. The summed E-state index contributed by atoms with van der Waals surface area (Å²) in [5.74, 6) is 0.0520. The summed E-state index contributed by atoms with van der Waals surface area (Å²) in [7, 11) is 0. The predicted octanol–water partition coefficient (Wildman–Crippen LogP) is 3.76. The number of nitrogens with zero attached hydrogens (tertiary/aromatic N) is 1. The van der Waals surface area contributed by atoms with Crippen LogP contribution in [-0.2, 0) is 0 Å². The molecule has 0 spiro atoms. The Kier molecular flexibility index (Phi) is 4.51. The van der Waals surface area contributed by atoms with Crippen molar-refractivity contribution in [1.29, 1.82) is 10.7 Å². The van der Waals surface area contributed by atoms with Gasteiger partial charge in [0.25, 0.3) is 0 Å². The Hall–Kier alpha value is -1.14. The molecule has 1 unspecified atom stereocenters. The fourth-order valence-corrected chi connectivity index (χ4v) is 1.69. The van der Waals surface area contributed by atoms with Gasteiger partial charge >= 0.3 is 0 Å². The lowest BCUT2D eigenvalue weighted by atomic mass is 9.92. The van der Waals surface area contributed by atoms with Gasteiger partial charge in [0.1, 0.15) is 0 Å². The standard InChI is InChI=1S/C12H13BrN2/c1-2-9(7-8-14)12(15)10-3-5-11(13)6-4-10/h3-6,9,15H,2,7H2,1H3. The summed E-state index contributed by atoms with van der Waals surface area (Å²) >= 11 is 3.36. The molecule has 0 aliphatic heterocycles. The van der Waals surface area contributed by atoms with Gasteiger partial charge in [-0.25, -0.2) is 0 Å². The van der Waals surface area contributed by atoms with E-state index in [1.165, 1.54) is 0 Å². The lowest BCUT2D eigenvalue weighted by molar-refractivity contribution is 0.680. The second kappa shape index (κ2) is 5.67. The van der Waals surface area contributed by atoms with Gasteiger partial charge in [-0.15, -0.1) is 0 Å². The molecule has 1 aromatic carbocycles. The largest absolute Gasteiger partial charge is 0.304 e. The highest BCUT2D eigenvalue weighted by molar-refractivity contribution is 9.10. The molecule has 78 valence electrons. The maximum Gasteiger partial charge on any atom is 0.0628 e. The van der Waals surface area contributed by atoms with Crippen molar-refractivity contribution in [2.24, 2.45) is 5.92 Å². The van der Waals surface area contributed by atoms with Crippen LogP contribution in [0.1, 0.15) is 25.3 Å². The highest BCUT2D eigenvalue weighted by Gasteiger charge is 2.13. The zero-order chi connectivity index (χ0) is 11.3. The van der Waals surface area contributed by atoms with Crippen molar-refractivity contribution >= 4 is 21.6 Å². The molecule has 1 atom stereocenters. The molecule has 15 heavy (non-hydrogen) atoms. The average molecular weight is 265 g/mol. The Balaban J connectivity index is 2.84. The molecule has 3 heteroatoms. The van der Waals surface area contributed by atoms with Crippen LogP contribution in [0.2, 0.25) is 0 Å². The molecule has 1 N–H and O–H groups in total. The quantitative estimate of drug-likeness (QED) is 0.828. The molecule has 0 bridgehead atoms. The second-order valence-corrected chi connectivity index (χ2v) is 4.30. The second-order valence-electron chi connectivity index (χ2n) is 3.39. The van der Waals surface area contributed by atoms with E-state index < -0.39 is 0 Å². The third-order valence-electron chi connectivity index (χ3n) is 2.39. The molecule has 0 fully saturated rings. The summed E-state index contributed by atoms with van der Waals surface area (Å²) in [6.45, 7) is 2.01. The van der Waals surface area contributed by atoms with Crippen LogP contribution < -0.4 is 0 Å². The smallest absolute Gasteiger partial charge is 0.0628 e. The Labute approximate surface area is 98.6 Å². The maximum absolute atomic E-state index is 8.65. The average Bonchev–Trinajstić information content (AvgIpc) is 2.26. The third kappa shape index (κ3) is 3.17. The van der Waals surface area contributed by atoms with Crippen LogP contribution in [0.15, 0.2) is 28.7 Å². The maximum atomic E-state index is 8.65. The zero-order valence-corrected chi connectivity index (χ0v) is 10.2. The SMILES string of the molecule is CCC(CC#N)C(=N)c1ccc(Br)cc1. The lowest BCUT2D eigenvalue weighted by Gasteiger charge is -2.12. The summed E-state index contributed by atoms with van der Waals surface area (Å²) in [5, 5.41) is 16.6. The summed E-state index contributed by atoms with van der Waals surface area (Å²) in [6.07, 6.45) is 1.26. The van der Waals surface area contributed by atoms with Gasteiger partial charge < -0.3 is 5.41 Å². The number of halogens is 1. The van der Waals surface area contributed by atoms with Crippen LogP contribution in [0.5, 0.6) is 0 Å². The number of nitrogens with one attached hydrogen (secondary N) is 1. The lowest BCUT2D eigenvalue weighted by Crippen LogP contribution is -2.13. The van der Waals surface area contributed by atoms with Crippen LogP contribution in [0, 0.1) is 22.7 Å². The fourth-order valence-electron chi connectivity index (χ4n) is 1.43.